The molecule has 4 aromatic rings. The van der Waals surface area contributed by atoms with Crippen molar-refractivity contribution >= 4 is 35.7 Å². The number of nitrogens with zero attached hydrogens (tertiary/aromatic N) is 3. The van der Waals surface area contributed by atoms with Gasteiger partial charge in [0.15, 0.2) is 0 Å². The minimum atomic E-state index is -0.459. The van der Waals surface area contributed by atoms with E-state index in [2.05, 4.69) is 5.32 Å². The molecule has 0 spiro atoms. The number of anilines is 2. The molecule has 7 nitrogen and oxygen atoms in total. The first-order chi connectivity index (χ1) is 15.4. The molecule has 8 heteroatoms. The maximum atomic E-state index is 13.7. The van der Waals surface area contributed by atoms with Gasteiger partial charge in [-0.15, -0.1) is 0 Å². The highest BCUT2D eigenvalue weighted by Crippen LogP contribution is 2.34. The fourth-order valence-corrected chi connectivity index (χ4v) is 4.12. The Kier molecular flexibility index (Phi) is 4.66. The molecule has 0 unspecified atom stereocenters. The highest BCUT2D eigenvalue weighted by Gasteiger charge is 2.31. The smallest absolute Gasteiger partial charge is 0.337 e. The van der Waals surface area contributed by atoms with Crippen molar-refractivity contribution in [3.8, 4) is 5.69 Å². The average Bonchev–Trinajstić information content (AvgIpc) is 3.62. The predicted molar refractivity (Wildman–Crippen MR) is 127 cm³/mol. The van der Waals surface area contributed by atoms with Crippen molar-refractivity contribution < 1.29 is 0 Å². The molecule has 0 bridgehead atoms. The van der Waals surface area contributed by atoms with Crippen LogP contribution in [-0.2, 0) is 7.05 Å². The molecular formula is C24H21BN4O3. The quantitative estimate of drug-likeness (QED) is 0.509. The Balaban J connectivity index is 1.96. The molecule has 1 fully saturated rings. The summed E-state index contributed by atoms with van der Waals surface area (Å²) in [6.45, 7) is 1.69. The van der Waals surface area contributed by atoms with Crippen LogP contribution < -0.4 is 27.6 Å². The van der Waals surface area contributed by atoms with Crippen LogP contribution in [0.2, 0.25) is 0 Å². The van der Waals surface area contributed by atoms with Gasteiger partial charge in [0.25, 0.3) is 11.1 Å². The molecule has 158 valence electrons. The average molecular weight is 424 g/mol. The van der Waals surface area contributed by atoms with Crippen LogP contribution in [-0.4, -0.2) is 21.5 Å². The van der Waals surface area contributed by atoms with Gasteiger partial charge in [-0.3, -0.25) is 18.7 Å². The number of hydrogen-bond acceptors (Lipinski definition) is 4. The SMILES string of the molecule is [B]c1ccc(-n2c(=O)n(C3CC3)c(=O)c3c(Nc4ccccc4)c(C)c(=O)n(C)c32)cc1. The van der Waals surface area contributed by atoms with Crippen LogP contribution in [0.15, 0.2) is 69.0 Å². The van der Waals surface area contributed by atoms with Gasteiger partial charge in [-0.05, 0) is 44.0 Å². The number of fused-ring (bicyclic) bond motifs is 1. The monoisotopic (exact) mass is 424 g/mol. The fraction of sp³-hybridized carbons (Fsp3) is 0.208. The van der Waals surface area contributed by atoms with Crippen molar-refractivity contribution in [3.63, 3.8) is 0 Å². The summed E-state index contributed by atoms with van der Waals surface area (Å²) < 4.78 is 4.13. The van der Waals surface area contributed by atoms with Gasteiger partial charge in [-0.2, -0.15) is 0 Å². The van der Waals surface area contributed by atoms with Gasteiger partial charge in [0.1, 0.15) is 18.9 Å². The third-order valence-corrected chi connectivity index (χ3v) is 5.94. The van der Waals surface area contributed by atoms with E-state index in [1.54, 1.807) is 38.2 Å². The molecule has 1 aliphatic carbocycles. The zero-order valence-electron chi connectivity index (χ0n) is 17.8. The Morgan fingerprint density at radius 3 is 2.22 bits per heavy atom. The van der Waals surface area contributed by atoms with Gasteiger partial charge in [-0.1, -0.05) is 35.8 Å². The number of para-hydroxylation sites is 1. The van der Waals surface area contributed by atoms with Crippen molar-refractivity contribution in [3.05, 3.63) is 91.4 Å². The molecule has 0 amide bonds. The highest BCUT2D eigenvalue weighted by atomic mass is 16.2. The lowest BCUT2D eigenvalue weighted by Crippen LogP contribution is -2.41. The van der Waals surface area contributed by atoms with E-state index in [-0.39, 0.29) is 17.2 Å². The van der Waals surface area contributed by atoms with E-state index < -0.39 is 11.2 Å². The zero-order chi connectivity index (χ0) is 22.6. The molecule has 1 saturated carbocycles. The van der Waals surface area contributed by atoms with Gasteiger partial charge in [0, 0.05) is 24.3 Å². The second-order valence-electron chi connectivity index (χ2n) is 8.17. The van der Waals surface area contributed by atoms with E-state index in [9.17, 15) is 14.4 Å². The Labute approximate surface area is 185 Å². The topological polar surface area (TPSA) is 78.0 Å². The summed E-state index contributed by atoms with van der Waals surface area (Å²) in [5, 5.41) is 3.56. The van der Waals surface area contributed by atoms with Gasteiger partial charge in [0.2, 0.25) is 0 Å². The number of aromatic nitrogens is 3. The number of nitrogens with one attached hydrogen (secondary N) is 1. The maximum Gasteiger partial charge on any atom is 0.337 e. The lowest BCUT2D eigenvalue weighted by molar-refractivity contribution is 0.637. The normalized spacial score (nSPS) is 13.4. The Bertz CT molecular complexity index is 1530. The van der Waals surface area contributed by atoms with Crippen LogP contribution in [0.3, 0.4) is 0 Å². The summed E-state index contributed by atoms with van der Waals surface area (Å²) in [5.41, 5.74) is 1.76. The zero-order valence-corrected chi connectivity index (χ0v) is 17.8. The molecule has 2 aromatic carbocycles. The summed E-state index contributed by atoms with van der Waals surface area (Å²) in [6, 6.07) is 16.0. The van der Waals surface area contributed by atoms with Crippen LogP contribution >= 0.6 is 0 Å². The van der Waals surface area contributed by atoms with Crippen LogP contribution in [0.5, 0.6) is 0 Å². The summed E-state index contributed by atoms with van der Waals surface area (Å²) >= 11 is 0. The Morgan fingerprint density at radius 1 is 0.938 bits per heavy atom. The number of hydrogen-bond donors (Lipinski definition) is 1. The van der Waals surface area contributed by atoms with Crippen LogP contribution in [0.1, 0.15) is 24.4 Å². The first-order valence-electron chi connectivity index (χ1n) is 10.5. The van der Waals surface area contributed by atoms with Gasteiger partial charge >= 0.3 is 5.69 Å². The maximum absolute atomic E-state index is 13.7. The van der Waals surface area contributed by atoms with Gasteiger partial charge < -0.3 is 5.32 Å². The number of rotatable bonds is 4. The summed E-state index contributed by atoms with van der Waals surface area (Å²) in [7, 11) is 7.43. The summed E-state index contributed by atoms with van der Waals surface area (Å²) in [4.78, 5) is 40.4. The standard InChI is InChI=1S/C24H21BN4O3/c1-14-20(26-16-6-4-3-5-7-16)19-21(27(2)22(14)30)28(17-10-8-15(25)9-11-17)24(32)29(23(19)31)18-12-13-18/h3-11,18,26H,12-13H2,1-2H3. The second-order valence-corrected chi connectivity index (χ2v) is 8.17. The Hall–Kier alpha value is -3.81. The number of aryl methyl sites for hydroxylation is 1. The lowest BCUT2D eigenvalue weighted by Gasteiger charge is -2.20. The van der Waals surface area contributed by atoms with Crippen LogP contribution in [0, 0.1) is 6.92 Å². The molecule has 32 heavy (non-hydrogen) atoms. The van der Waals surface area contributed by atoms with E-state index in [0.29, 0.717) is 27.8 Å². The van der Waals surface area contributed by atoms with Crippen molar-refractivity contribution in [1.29, 1.82) is 0 Å². The fourth-order valence-electron chi connectivity index (χ4n) is 4.12. The first-order valence-corrected chi connectivity index (χ1v) is 10.5. The summed E-state index contributed by atoms with van der Waals surface area (Å²) in [6.07, 6.45) is 1.54. The third kappa shape index (κ3) is 3.10. The minimum absolute atomic E-state index is 0.137. The Morgan fingerprint density at radius 2 is 1.59 bits per heavy atom. The van der Waals surface area contributed by atoms with E-state index in [1.807, 2.05) is 30.3 Å². The molecule has 2 aromatic heterocycles. The molecule has 2 radical (unpaired) electrons. The third-order valence-electron chi connectivity index (χ3n) is 5.94. The van der Waals surface area contributed by atoms with Crippen molar-refractivity contribution in [2.75, 3.05) is 5.32 Å². The lowest BCUT2D eigenvalue weighted by atomic mass is 9.96. The van der Waals surface area contributed by atoms with Crippen LogP contribution in [0.25, 0.3) is 16.7 Å². The molecule has 0 aliphatic heterocycles. The molecule has 0 saturated heterocycles. The molecule has 1 aliphatic rings. The van der Waals surface area contributed by atoms with Crippen molar-refractivity contribution in [2.45, 2.75) is 25.8 Å². The summed E-state index contributed by atoms with van der Waals surface area (Å²) in [5.74, 6) is 0. The van der Waals surface area contributed by atoms with E-state index in [4.69, 9.17) is 7.85 Å². The largest absolute Gasteiger partial charge is 0.354 e. The minimum Gasteiger partial charge on any atom is -0.354 e. The second kappa shape index (κ2) is 7.41. The molecule has 1 N–H and O–H groups in total. The molecule has 0 atom stereocenters. The molecular weight excluding hydrogens is 403 g/mol. The van der Waals surface area contributed by atoms with E-state index >= 15 is 0 Å². The number of pyridine rings is 1. The highest BCUT2D eigenvalue weighted by molar-refractivity contribution is 6.32. The van der Waals surface area contributed by atoms with Crippen molar-refractivity contribution in [2.24, 2.45) is 7.05 Å². The van der Waals surface area contributed by atoms with Crippen molar-refractivity contribution in [1.82, 2.24) is 13.7 Å². The first kappa shape index (κ1) is 20.1. The molecule has 2 heterocycles. The van der Waals surface area contributed by atoms with Gasteiger partial charge in [-0.25, -0.2) is 9.36 Å². The number of benzene rings is 2. The molecule has 5 rings (SSSR count). The van der Waals surface area contributed by atoms with Gasteiger partial charge in [0.05, 0.1) is 11.4 Å². The predicted octanol–water partition coefficient (Wildman–Crippen LogP) is 2.03. The van der Waals surface area contributed by atoms with E-state index in [0.717, 1.165) is 18.5 Å². The van der Waals surface area contributed by atoms with E-state index in [1.165, 1.54) is 13.7 Å². The van der Waals surface area contributed by atoms with Crippen LogP contribution in [0.4, 0.5) is 11.4 Å².